The van der Waals surface area contributed by atoms with Crippen molar-refractivity contribution < 1.29 is 14.6 Å². The fraction of sp³-hybridized carbons (Fsp3) is 0.667. The molecule has 0 aromatic rings. The van der Waals surface area contributed by atoms with Crippen LogP contribution in [0.5, 0.6) is 0 Å². The maximum atomic E-state index is 10.9. The van der Waals surface area contributed by atoms with Crippen LogP contribution >= 0.6 is 0 Å². The quantitative estimate of drug-likeness (QED) is 0.351. The van der Waals surface area contributed by atoms with Gasteiger partial charge in [-0.15, -0.1) is 0 Å². The SMILES string of the molecule is COC(=O)C(C)=CCNCCCO. The van der Waals surface area contributed by atoms with Gasteiger partial charge in [-0.1, -0.05) is 6.08 Å². The fourth-order valence-corrected chi connectivity index (χ4v) is 0.776. The maximum Gasteiger partial charge on any atom is 0.333 e. The molecule has 2 N–H and O–H groups in total. The van der Waals surface area contributed by atoms with Gasteiger partial charge in [-0.3, -0.25) is 0 Å². The van der Waals surface area contributed by atoms with Gasteiger partial charge in [0.25, 0.3) is 0 Å². The molecular formula is C9H17NO3. The molecule has 0 aromatic heterocycles. The first-order valence-corrected chi connectivity index (χ1v) is 4.29. The van der Waals surface area contributed by atoms with Gasteiger partial charge in [0.2, 0.25) is 0 Å². The van der Waals surface area contributed by atoms with E-state index in [4.69, 9.17) is 5.11 Å². The van der Waals surface area contributed by atoms with Gasteiger partial charge in [-0.05, 0) is 19.9 Å². The minimum Gasteiger partial charge on any atom is -0.466 e. The van der Waals surface area contributed by atoms with Gasteiger partial charge < -0.3 is 15.2 Å². The molecule has 0 spiro atoms. The summed E-state index contributed by atoms with van der Waals surface area (Å²) in [6.07, 6.45) is 2.49. The monoisotopic (exact) mass is 187 g/mol. The van der Waals surface area contributed by atoms with Gasteiger partial charge in [0, 0.05) is 18.7 Å². The number of hydrogen-bond donors (Lipinski definition) is 2. The van der Waals surface area contributed by atoms with Crippen molar-refractivity contribution in [2.24, 2.45) is 0 Å². The van der Waals surface area contributed by atoms with E-state index in [1.807, 2.05) is 0 Å². The lowest BCUT2D eigenvalue weighted by atomic mass is 10.3. The molecule has 0 aromatic carbocycles. The van der Waals surface area contributed by atoms with E-state index in [1.165, 1.54) is 7.11 Å². The van der Waals surface area contributed by atoms with Crippen LogP contribution in [-0.2, 0) is 9.53 Å². The normalized spacial score (nSPS) is 11.5. The molecule has 0 saturated heterocycles. The molecule has 13 heavy (non-hydrogen) atoms. The van der Waals surface area contributed by atoms with Crippen molar-refractivity contribution in [3.05, 3.63) is 11.6 Å². The molecular weight excluding hydrogens is 170 g/mol. The van der Waals surface area contributed by atoms with Crippen molar-refractivity contribution in [2.45, 2.75) is 13.3 Å². The summed E-state index contributed by atoms with van der Waals surface area (Å²) in [6, 6.07) is 0. The predicted molar refractivity (Wildman–Crippen MR) is 50.3 cm³/mol. The van der Waals surface area contributed by atoms with Gasteiger partial charge in [0.15, 0.2) is 0 Å². The van der Waals surface area contributed by atoms with Crippen molar-refractivity contribution in [3.8, 4) is 0 Å². The molecule has 0 saturated carbocycles. The summed E-state index contributed by atoms with van der Waals surface area (Å²) in [4.78, 5) is 10.9. The number of hydrogen-bond acceptors (Lipinski definition) is 4. The second-order valence-corrected chi connectivity index (χ2v) is 2.66. The number of carbonyl (C=O) groups is 1. The lowest BCUT2D eigenvalue weighted by molar-refractivity contribution is -0.136. The lowest BCUT2D eigenvalue weighted by Crippen LogP contribution is -2.17. The zero-order valence-electron chi connectivity index (χ0n) is 8.17. The molecule has 0 aliphatic carbocycles. The fourth-order valence-electron chi connectivity index (χ4n) is 0.776. The van der Waals surface area contributed by atoms with E-state index >= 15 is 0 Å². The van der Waals surface area contributed by atoms with Crippen LogP contribution in [0.3, 0.4) is 0 Å². The molecule has 0 unspecified atom stereocenters. The van der Waals surface area contributed by atoms with Crippen LogP contribution < -0.4 is 5.32 Å². The van der Waals surface area contributed by atoms with Crippen LogP contribution in [0.15, 0.2) is 11.6 Å². The topological polar surface area (TPSA) is 58.6 Å². The predicted octanol–water partition coefficient (Wildman–Crippen LogP) is 0.0777. The number of aliphatic hydroxyl groups excluding tert-OH is 1. The van der Waals surface area contributed by atoms with Crippen molar-refractivity contribution in [1.29, 1.82) is 0 Å². The Hall–Kier alpha value is -0.870. The smallest absolute Gasteiger partial charge is 0.333 e. The van der Waals surface area contributed by atoms with Crippen molar-refractivity contribution in [3.63, 3.8) is 0 Å². The average Bonchev–Trinajstić information content (AvgIpc) is 2.16. The van der Waals surface area contributed by atoms with Crippen LogP contribution in [0, 0.1) is 0 Å². The highest BCUT2D eigenvalue weighted by Crippen LogP contribution is 1.93. The standard InChI is InChI=1S/C9H17NO3/c1-8(9(12)13-2)4-6-10-5-3-7-11/h4,10-11H,3,5-7H2,1-2H3. The van der Waals surface area contributed by atoms with Gasteiger partial charge >= 0.3 is 5.97 Å². The van der Waals surface area contributed by atoms with E-state index in [1.54, 1.807) is 13.0 Å². The molecule has 4 heteroatoms. The Labute approximate surface area is 78.6 Å². The number of ether oxygens (including phenoxy) is 1. The van der Waals surface area contributed by atoms with Crippen LogP contribution in [0.2, 0.25) is 0 Å². The molecule has 0 aliphatic heterocycles. The molecule has 0 amide bonds. The van der Waals surface area contributed by atoms with Crippen molar-refractivity contribution >= 4 is 5.97 Å². The first-order valence-electron chi connectivity index (χ1n) is 4.29. The zero-order chi connectivity index (χ0) is 10.1. The molecule has 0 rings (SSSR count). The van der Waals surface area contributed by atoms with E-state index in [9.17, 15) is 4.79 Å². The summed E-state index contributed by atoms with van der Waals surface area (Å²) in [5.74, 6) is -0.302. The van der Waals surface area contributed by atoms with Crippen molar-refractivity contribution in [2.75, 3.05) is 26.8 Å². The minimum absolute atomic E-state index is 0.187. The van der Waals surface area contributed by atoms with Gasteiger partial charge in [-0.25, -0.2) is 4.79 Å². The summed E-state index contributed by atoms with van der Waals surface area (Å²) in [5.41, 5.74) is 0.596. The van der Waals surface area contributed by atoms with Crippen molar-refractivity contribution in [1.82, 2.24) is 5.32 Å². The second-order valence-electron chi connectivity index (χ2n) is 2.66. The highest BCUT2D eigenvalue weighted by atomic mass is 16.5. The number of esters is 1. The third-order valence-electron chi connectivity index (χ3n) is 1.57. The molecule has 4 nitrogen and oxygen atoms in total. The van der Waals surface area contributed by atoms with Gasteiger partial charge in [0.1, 0.15) is 0 Å². The Morgan fingerprint density at radius 2 is 2.31 bits per heavy atom. The van der Waals surface area contributed by atoms with Crippen LogP contribution in [0.4, 0.5) is 0 Å². The van der Waals surface area contributed by atoms with Gasteiger partial charge in [-0.2, -0.15) is 0 Å². The largest absolute Gasteiger partial charge is 0.466 e. The number of methoxy groups -OCH3 is 1. The first-order chi connectivity index (χ1) is 6.22. The molecule has 0 atom stereocenters. The van der Waals surface area contributed by atoms with Crippen LogP contribution in [0.25, 0.3) is 0 Å². The second kappa shape index (κ2) is 7.76. The highest BCUT2D eigenvalue weighted by Gasteiger charge is 2.00. The minimum atomic E-state index is -0.302. The first kappa shape index (κ1) is 12.1. The van der Waals surface area contributed by atoms with E-state index < -0.39 is 0 Å². The summed E-state index contributed by atoms with van der Waals surface area (Å²) in [6.45, 7) is 3.27. The van der Waals surface area contributed by atoms with Crippen LogP contribution in [-0.4, -0.2) is 37.9 Å². The Morgan fingerprint density at radius 3 is 2.85 bits per heavy atom. The lowest BCUT2D eigenvalue weighted by Gasteiger charge is -2.00. The third-order valence-corrected chi connectivity index (χ3v) is 1.57. The molecule has 0 heterocycles. The third kappa shape index (κ3) is 6.31. The molecule has 0 radical (unpaired) electrons. The summed E-state index contributed by atoms with van der Waals surface area (Å²) < 4.78 is 4.52. The number of aliphatic hydroxyl groups is 1. The Balaban J connectivity index is 3.53. The molecule has 0 fully saturated rings. The van der Waals surface area contributed by atoms with E-state index in [0.29, 0.717) is 12.1 Å². The number of carbonyl (C=O) groups excluding carboxylic acids is 1. The Kier molecular flexibility index (Phi) is 7.24. The molecule has 76 valence electrons. The molecule has 0 bridgehead atoms. The summed E-state index contributed by atoms with van der Waals surface area (Å²) in [5, 5.41) is 11.5. The Bertz CT molecular complexity index is 178. The zero-order valence-corrected chi connectivity index (χ0v) is 8.17. The van der Waals surface area contributed by atoms with Gasteiger partial charge in [0.05, 0.1) is 7.11 Å². The van der Waals surface area contributed by atoms with E-state index in [0.717, 1.165) is 13.0 Å². The van der Waals surface area contributed by atoms with E-state index in [2.05, 4.69) is 10.1 Å². The molecule has 0 aliphatic rings. The maximum absolute atomic E-state index is 10.9. The number of nitrogens with one attached hydrogen (secondary N) is 1. The summed E-state index contributed by atoms with van der Waals surface area (Å²) in [7, 11) is 1.36. The van der Waals surface area contributed by atoms with Crippen LogP contribution in [0.1, 0.15) is 13.3 Å². The van der Waals surface area contributed by atoms with E-state index in [-0.39, 0.29) is 12.6 Å². The number of rotatable bonds is 6. The Morgan fingerprint density at radius 1 is 1.62 bits per heavy atom. The summed E-state index contributed by atoms with van der Waals surface area (Å²) >= 11 is 0. The average molecular weight is 187 g/mol. The highest BCUT2D eigenvalue weighted by molar-refractivity contribution is 5.87.